The first-order valence-electron chi connectivity index (χ1n) is 9.01. The molecule has 2 fully saturated rings. The molecular formula is C19H28N2O3. The van der Waals surface area contributed by atoms with Gasteiger partial charge in [-0.2, -0.15) is 0 Å². The quantitative estimate of drug-likeness (QED) is 0.917. The van der Waals surface area contributed by atoms with Crippen molar-refractivity contribution >= 4 is 5.91 Å². The van der Waals surface area contributed by atoms with Gasteiger partial charge in [-0.25, -0.2) is 0 Å². The number of ether oxygens (including phenoxy) is 1. The molecule has 1 N–H and O–H groups in total. The summed E-state index contributed by atoms with van der Waals surface area (Å²) in [6.45, 7) is 4.84. The summed E-state index contributed by atoms with van der Waals surface area (Å²) in [5, 5.41) is 10.1. The summed E-state index contributed by atoms with van der Waals surface area (Å²) in [7, 11) is 0. The molecule has 1 amide bonds. The summed E-state index contributed by atoms with van der Waals surface area (Å²) >= 11 is 0. The van der Waals surface area contributed by atoms with E-state index >= 15 is 0 Å². The Kier molecular flexibility index (Phi) is 5.74. The second-order valence-corrected chi connectivity index (χ2v) is 7.02. The van der Waals surface area contributed by atoms with Gasteiger partial charge in [-0.3, -0.25) is 9.69 Å². The molecule has 1 saturated heterocycles. The first-order valence-corrected chi connectivity index (χ1v) is 9.01. The van der Waals surface area contributed by atoms with Gasteiger partial charge in [0.05, 0.1) is 12.2 Å². The van der Waals surface area contributed by atoms with Gasteiger partial charge in [0.2, 0.25) is 5.91 Å². The fourth-order valence-electron chi connectivity index (χ4n) is 3.61. The Morgan fingerprint density at radius 2 is 1.88 bits per heavy atom. The van der Waals surface area contributed by atoms with Gasteiger partial charge in [0, 0.05) is 39.6 Å². The zero-order valence-electron chi connectivity index (χ0n) is 14.5. The highest BCUT2D eigenvalue weighted by atomic mass is 16.5. The summed E-state index contributed by atoms with van der Waals surface area (Å²) in [5.41, 5.74) is 1.21. The molecule has 2 aliphatic rings. The summed E-state index contributed by atoms with van der Waals surface area (Å²) in [5.74, 6) is 0.980. The maximum Gasteiger partial charge on any atom is 0.219 e. The Hall–Kier alpha value is -1.59. The molecule has 1 aliphatic heterocycles. The van der Waals surface area contributed by atoms with E-state index < -0.39 is 6.10 Å². The second-order valence-electron chi connectivity index (χ2n) is 7.02. The minimum absolute atomic E-state index is 0.0318. The Balaban J connectivity index is 1.54. The number of β-amino-alcohol motifs (C(OH)–C–C–N with tert-alkyl or cyclic N) is 1. The molecule has 1 heterocycles. The van der Waals surface area contributed by atoms with Crippen molar-refractivity contribution in [2.45, 2.75) is 51.4 Å². The van der Waals surface area contributed by atoms with E-state index in [1.165, 1.54) is 31.2 Å². The van der Waals surface area contributed by atoms with E-state index in [-0.39, 0.29) is 5.91 Å². The number of aliphatic hydroxyl groups excluding tert-OH is 1. The van der Waals surface area contributed by atoms with Crippen LogP contribution in [0, 0.1) is 0 Å². The second kappa shape index (κ2) is 7.99. The third kappa shape index (κ3) is 4.71. The summed E-state index contributed by atoms with van der Waals surface area (Å²) in [6, 6.07) is 8.29. The van der Waals surface area contributed by atoms with Crippen molar-refractivity contribution in [1.82, 2.24) is 9.80 Å². The molecule has 1 aliphatic carbocycles. The number of aliphatic hydroxyl groups is 1. The van der Waals surface area contributed by atoms with Gasteiger partial charge in [0.1, 0.15) is 5.75 Å². The number of amides is 1. The van der Waals surface area contributed by atoms with Crippen LogP contribution in [-0.2, 0) is 11.3 Å². The molecule has 132 valence electrons. The van der Waals surface area contributed by atoms with Crippen LogP contribution in [0.3, 0.4) is 0 Å². The van der Waals surface area contributed by atoms with Crippen LogP contribution in [0.5, 0.6) is 5.75 Å². The van der Waals surface area contributed by atoms with Crippen molar-refractivity contribution in [2.24, 2.45) is 0 Å². The van der Waals surface area contributed by atoms with Crippen LogP contribution in [0.25, 0.3) is 0 Å². The zero-order chi connectivity index (χ0) is 16.9. The van der Waals surface area contributed by atoms with Gasteiger partial charge in [-0.05, 0) is 43.4 Å². The van der Waals surface area contributed by atoms with Crippen molar-refractivity contribution in [2.75, 3.05) is 26.2 Å². The number of benzene rings is 1. The molecule has 0 spiro atoms. The lowest BCUT2D eigenvalue weighted by Gasteiger charge is -2.21. The minimum atomic E-state index is -0.485. The Morgan fingerprint density at radius 3 is 2.54 bits per heavy atom. The Bertz CT molecular complexity index is 540. The summed E-state index contributed by atoms with van der Waals surface area (Å²) in [4.78, 5) is 15.5. The van der Waals surface area contributed by atoms with E-state index in [2.05, 4.69) is 17.0 Å². The molecule has 1 unspecified atom stereocenters. The minimum Gasteiger partial charge on any atom is -0.490 e. The van der Waals surface area contributed by atoms with Gasteiger partial charge < -0.3 is 14.7 Å². The average Bonchev–Trinajstić information content (AvgIpc) is 2.98. The van der Waals surface area contributed by atoms with Crippen LogP contribution < -0.4 is 4.74 Å². The topological polar surface area (TPSA) is 53.0 Å². The number of carbonyl (C=O) groups is 1. The average molecular weight is 332 g/mol. The lowest BCUT2D eigenvalue weighted by molar-refractivity contribution is -0.129. The third-order valence-electron chi connectivity index (χ3n) is 4.97. The molecular weight excluding hydrogens is 304 g/mol. The van der Waals surface area contributed by atoms with Crippen LogP contribution in [0.15, 0.2) is 24.3 Å². The van der Waals surface area contributed by atoms with E-state index in [0.717, 1.165) is 18.8 Å². The lowest BCUT2D eigenvalue weighted by Crippen LogP contribution is -2.36. The number of carbonyl (C=O) groups excluding carboxylic acids is 1. The van der Waals surface area contributed by atoms with Crippen molar-refractivity contribution in [1.29, 1.82) is 0 Å². The molecule has 24 heavy (non-hydrogen) atoms. The van der Waals surface area contributed by atoms with Crippen LogP contribution >= 0.6 is 0 Å². The molecule has 1 saturated carbocycles. The van der Waals surface area contributed by atoms with Crippen LogP contribution in [-0.4, -0.2) is 59.2 Å². The van der Waals surface area contributed by atoms with Crippen molar-refractivity contribution in [3.63, 3.8) is 0 Å². The summed E-state index contributed by atoms with van der Waals surface area (Å²) < 4.78 is 6.00. The van der Waals surface area contributed by atoms with Crippen molar-refractivity contribution in [3.05, 3.63) is 29.8 Å². The molecule has 5 nitrogen and oxygen atoms in total. The zero-order valence-corrected chi connectivity index (χ0v) is 14.5. The predicted octanol–water partition coefficient (Wildman–Crippen LogP) is 2.03. The number of rotatable bonds is 4. The molecule has 1 aromatic carbocycles. The molecule has 5 heteroatoms. The van der Waals surface area contributed by atoms with Gasteiger partial charge in [0.25, 0.3) is 0 Å². The van der Waals surface area contributed by atoms with Crippen molar-refractivity contribution < 1.29 is 14.6 Å². The van der Waals surface area contributed by atoms with E-state index in [1.54, 1.807) is 11.8 Å². The van der Waals surface area contributed by atoms with E-state index in [0.29, 0.717) is 25.7 Å². The highest BCUT2D eigenvalue weighted by molar-refractivity contribution is 5.73. The SMILES string of the molecule is CC(=O)N1CCN(Cc2ccc(OC3CCCC3)cc2)CC(O)C1. The van der Waals surface area contributed by atoms with Gasteiger partial charge in [-0.15, -0.1) is 0 Å². The van der Waals surface area contributed by atoms with Crippen LogP contribution in [0.2, 0.25) is 0 Å². The van der Waals surface area contributed by atoms with Gasteiger partial charge in [0.15, 0.2) is 0 Å². The van der Waals surface area contributed by atoms with Gasteiger partial charge >= 0.3 is 0 Å². The molecule has 0 radical (unpaired) electrons. The number of hydrogen-bond donors (Lipinski definition) is 1. The first-order chi connectivity index (χ1) is 11.6. The van der Waals surface area contributed by atoms with E-state index in [1.807, 2.05) is 12.1 Å². The highest BCUT2D eigenvalue weighted by Crippen LogP contribution is 2.24. The molecule has 1 atom stereocenters. The monoisotopic (exact) mass is 332 g/mol. The summed E-state index contributed by atoms with van der Waals surface area (Å²) in [6.07, 6.45) is 4.78. The first kappa shape index (κ1) is 17.2. The van der Waals surface area contributed by atoms with Crippen LogP contribution in [0.1, 0.15) is 38.2 Å². The lowest BCUT2D eigenvalue weighted by atomic mass is 10.2. The maximum absolute atomic E-state index is 11.5. The maximum atomic E-state index is 11.5. The van der Waals surface area contributed by atoms with Gasteiger partial charge in [-0.1, -0.05) is 12.1 Å². The number of nitrogens with zero attached hydrogens (tertiary/aromatic N) is 2. The molecule has 0 aromatic heterocycles. The van der Waals surface area contributed by atoms with Crippen molar-refractivity contribution in [3.8, 4) is 5.75 Å². The number of hydrogen-bond acceptors (Lipinski definition) is 4. The fourth-order valence-corrected chi connectivity index (χ4v) is 3.61. The van der Waals surface area contributed by atoms with Crippen LogP contribution in [0.4, 0.5) is 0 Å². The normalized spacial score (nSPS) is 23.2. The Labute approximate surface area is 144 Å². The molecule has 1 aromatic rings. The smallest absolute Gasteiger partial charge is 0.219 e. The highest BCUT2D eigenvalue weighted by Gasteiger charge is 2.22. The third-order valence-corrected chi connectivity index (χ3v) is 4.97. The van der Waals surface area contributed by atoms with E-state index in [4.69, 9.17) is 4.74 Å². The standard InChI is InChI=1S/C19H28N2O3/c1-15(22)21-11-10-20(13-17(23)14-21)12-16-6-8-19(9-7-16)24-18-4-2-3-5-18/h6-9,17-18,23H,2-5,10-14H2,1H3. The Morgan fingerprint density at radius 1 is 1.17 bits per heavy atom. The predicted molar refractivity (Wildman–Crippen MR) is 92.9 cm³/mol. The molecule has 0 bridgehead atoms. The fraction of sp³-hybridized carbons (Fsp3) is 0.632. The largest absolute Gasteiger partial charge is 0.490 e. The molecule has 3 rings (SSSR count). The van der Waals surface area contributed by atoms with E-state index in [9.17, 15) is 9.90 Å².